The number of rotatable bonds is 5. The van der Waals surface area contributed by atoms with Crippen molar-refractivity contribution in [3.63, 3.8) is 0 Å². The van der Waals surface area contributed by atoms with Gasteiger partial charge in [0.25, 0.3) is 0 Å². The number of hydrogen-bond donors (Lipinski definition) is 0. The molecule has 0 saturated carbocycles. The molecule has 14 heavy (non-hydrogen) atoms. The highest BCUT2D eigenvalue weighted by Crippen LogP contribution is 2.22. The lowest BCUT2D eigenvalue weighted by atomic mass is 9.97. The first-order valence-electron chi connectivity index (χ1n) is 5.19. The Bertz CT molecular complexity index is 321. The number of allylic oxidation sites excluding steroid dienone is 1. The van der Waals surface area contributed by atoms with Gasteiger partial charge < -0.3 is 0 Å². The Balaban J connectivity index is 2.83. The van der Waals surface area contributed by atoms with Gasteiger partial charge in [0.15, 0.2) is 0 Å². The highest BCUT2D eigenvalue weighted by Gasteiger charge is 2.01. The maximum absolute atomic E-state index is 4.12. The van der Waals surface area contributed by atoms with Crippen LogP contribution in [0, 0.1) is 0 Å². The van der Waals surface area contributed by atoms with Gasteiger partial charge in [0.1, 0.15) is 0 Å². The van der Waals surface area contributed by atoms with Crippen LogP contribution in [-0.4, -0.2) is 0 Å². The molecule has 0 saturated heterocycles. The van der Waals surface area contributed by atoms with Gasteiger partial charge in [-0.15, -0.1) is 0 Å². The van der Waals surface area contributed by atoms with Gasteiger partial charge in [-0.25, -0.2) is 0 Å². The van der Waals surface area contributed by atoms with Gasteiger partial charge in [0.2, 0.25) is 0 Å². The van der Waals surface area contributed by atoms with Crippen molar-refractivity contribution in [3.8, 4) is 0 Å². The van der Waals surface area contributed by atoms with Gasteiger partial charge in [0.05, 0.1) is 0 Å². The van der Waals surface area contributed by atoms with E-state index in [1.54, 1.807) is 0 Å². The Kier molecular flexibility index (Phi) is 4.18. The van der Waals surface area contributed by atoms with E-state index in [-0.39, 0.29) is 0 Å². The van der Waals surface area contributed by atoms with Crippen LogP contribution in [0.3, 0.4) is 0 Å². The predicted octanol–water partition coefficient (Wildman–Crippen LogP) is 4.53. The van der Waals surface area contributed by atoms with E-state index < -0.39 is 0 Å². The summed E-state index contributed by atoms with van der Waals surface area (Å²) in [6.07, 6.45) is 5.41. The fourth-order valence-electron chi connectivity index (χ4n) is 1.52. The largest absolute Gasteiger partial charge is 0.0984 e. The average molecular weight is 186 g/mol. The Hall–Kier alpha value is -1.30. The molecule has 0 N–H and O–H groups in total. The Labute approximate surface area is 87.0 Å². The molecule has 0 heterocycles. The molecule has 0 aliphatic rings. The summed E-state index contributed by atoms with van der Waals surface area (Å²) in [4.78, 5) is 0. The molecule has 1 aromatic carbocycles. The Morgan fingerprint density at radius 1 is 1.36 bits per heavy atom. The van der Waals surface area contributed by atoms with Crippen LogP contribution in [0.1, 0.15) is 37.3 Å². The van der Waals surface area contributed by atoms with E-state index in [2.05, 4.69) is 38.3 Å². The van der Waals surface area contributed by atoms with E-state index in [4.69, 9.17) is 0 Å². The van der Waals surface area contributed by atoms with Gasteiger partial charge in [-0.05, 0) is 29.5 Å². The van der Waals surface area contributed by atoms with Crippen molar-refractivity contribution in [2.24, 2.45) is 0 Å². The average Bonchev–Trinajstić information content (AvgIpc) is 2.25. The standard InChI is InChI=1S/C14H18/c1-4-6-9-12(3)14-11-8-7-10-13(14)5-2/h5,7-8,10-11H,2-4,6,9H2,1H3. The third-order valence-corrected chi connectivity index (χ3v) is 2.39. The number of hydrogen-bond acceptors (Lipinski definition) is 0. The van der Waals surface area contributed by atoms with Crippen molar-refractivity contribution >= 4 is 11.6 Å². The highest BCUT2D eigenvalue weighted by molar-refractivity contribution is 5.72. The highest BCUT2D eigenvalue weighted by atomic mass is 14.1. The summed E-state index contributed by atoms with van der Waals surface area (Å²) < 4.78 is 0. The Morgan fingerprint density at radius 3 is 2.71 bits per heavy atom. The van der Waals surface area contributed by atoms with Crippen molar-refractivity contribution in [1.29, 1.82) is 0 Å². The second-order valence-corrected chi connectivity index (χ2v) is 3.50. The van der Waals surface area contributed by atoms with Crippen LogP contribution in [0.4, 0.5) is 0 Å². The van der Waals surface area contributed by atoms with E-state index in [0.717, 1.165) is 6.42 Å². The molecule has 0 nitrogen and oxygen atoms in total. The lowest BCUT2D eigenvalue weighted by Crippen LogP contribution is -1.87. The van der Waals surface area contributed by atoms with E-state index in [0.29, 0.717) is 0 Å². The fraction of sp³-hybridized carbons (Fsp3) is 0.286. The van der Waals surface area contributed by atoms with Crippen LogP contribution < -0.4 is 0 Å². The van der Waals surface area contributed by atoms with E-state index in [1.807, 2.05) is 12.1 Å². The molecule has 1 rings (SSSR count). The summed E-state index contributed by atoms with van der Waals surface area (Å²) in [5.74, 6) is 0. The predicted molar refractivity (Wildman–Crippen MR) is 65.1 cm³/mol. The molecule has 0 aliphatic carbocycles. The first-order chi connectivity index (χ1) is 6.79. The molecule has 0 amide bonds. The third kappa shape index (κ3) is 2.59. The van der Waals surface area contributed by atoms with Crippen LogP contribution in [0.25, 0.3) is 11.6 Å². The summed E-state index contributed by atoms with van der Waals surface area (Å²) >= 11 is 0. The first kappa shape index (κ1) is 10.8. The summed E-state index contributed by atoms with van der Waals surface area (Å²) in [6.45, 7) is 10.1. The van der Waals surface area contributed by atoms with Gasteiger partial charge in [-0.3, -0.25) is 0 Å². The van der Waals surface area contributed by atoms with Gasteiger partial charge in [0, 0.05) is 0 Å². The molecular formula is C14H18. The fourth-order valence-corrected chi connectivity index (χ4v) is 1.52. The Morgan fingerprint density at radius 2 is 2.07 bits per heavy atom. The molecule has 0 radical (unpaired) electrons. The smallest absolute Gasteiger partial charge is 0.0158 e. The summed E-state index contributed by atoms with van der Waals surface area (Å²) in [6, 6.07) is 8.29. The van der Waals surface area contributed by atoms with Gasteiger partial charge in [-0.2, -0.15) is 0 Å². The maximum Gasteiger partial charge on any atom is -0.0158 e. The topological polar surface area (TPSA) is 0 Å². The lowest BCUT2D eigenvalue weighted by Gasteiger charge is -2.08. The molecule has 0 fully saturated rings. The molecule has 0 heteroatoms. The number of unbranched alkanes of at least 4 members (excludes halogenated alkanes) is 1. The molecule has 0 bridgehead atoms. The molecule has 0 aliphatic heterocycles. The molecule has 1 aromatic rings. The normalized spacial score (nSPS) is 9.79. The van der Waals surface area contributed by atoms with Crippen LogP contribution in [0.15, 0.2) is 37.4 Å². The second kappa shape index (κ2) is 5.43. The molecular weight excluding hydrogens is 168 g/mol. The SMILES string of the molecule is C=Cc1ccccc1C(=C)CCCC. The maximum atomic E-state index is 4.12. The molecule has 0 atom stereocenters. The van der Waals surface area contributed by atoms with E-state index in [1.165, 1.54) is 29.5 Å². The lowest BCUT2D eigenvalue weighted by molar-refractivity contribution is 0.825. The van der Waals surface area contributed by atoms with Crippen LogP contribution >= 0.6 is 0 Å². The monoisotopic (exact) mass is 186 g/mol. The zero-order chi connectivity index (χ0) is 10.4. The van der Waals surface area contributed by atoms with E-state index >= 15 is 0 Å². The minimum Gasteiger partial charge on any atom is -0.0984 e. The minimum absolute atomic E-state index is 1.08. The molecule has 74 valence electrons. The van der Waals surface area contributed by atoms with Crippen molar-refractivity contribution in [1.82, 2.24) is 0 Å². The molecule has 0 spiro atoms. The summed E-state index contributed by atoms with van der Waals surface area (Å²) in [5, 5.41) is 0. The summed E-state index contributed by atoms with van der Waals surface area (Å²) in [5.41, 5.74) is 3.66. The van der Waals surface area contributed by atoms with Gasteiger partial charge in [-0.1, -0.05) is 56.8 Å². The van der Waals surface area contributed by atoms with Gasteiger partial charge >= 0.3 is 0 Å². The van der Waals surface area contributed by atoms with Crippen molar-refractivity contribution in [3.05, 3.63) is 48.6 Å². The van der Waals surface area contributed by atoms with Crippen LogP contribution in [-0.2, 0) is 0 Å². The quantitative estimate of drug-likeness (QED) is 0.633. The van der Waals surface area contributed by atoms with Crippen molar-refractivity contribution in [2.45, 2.75) is 26.2 Å². The second-order valence-electron chi connectivity index (χ2n) is 3.50. The van der Waals surface area contributed by atoms with Crippen LogP contribution in [0.5, 0.6) is 0 Å². The summed E-state index contributed by atoms with van der Waals surface area (Å²) in [7, 11) is 0. The minimum atomic E-state index is 1.08. The molecule has 0 aromatic heterocycles. The zero-order valence-electron chi connectivity index (χ0n) is 8.92. The van der Waals surface area contributed by atoms with Crippen molar-refractivity contribution in [2.75, 3.05) is 0 Å². The first-order valence-corrected chi connectivity index (χ1v) is 5.19. The number of benzene rings is 1. The van der Waals surface area contributed by atoms with Crippen molar-refractivity contribution < 1.29 is 0 Å². The molecule has 0 unspecified atom stereocenters. The van der Waals surface area contributed by atoms with E-state index in [9.17, 15) is 0 Å². The zero-order valence-corrected chi connectivity index (χ0v) is 8.92. The van der Waals surface area contributed by atoms with Crippen LogP contribution in [0.2, 0.25) is 0 Å². The third-order valence-electron chi connectivity index (χ3n) is 2.39.